The van der Waals surface area contributed by atoms with Gasteiger partial charge in [-0.2, -0.15) is 10.5 Å². The van der Waals surface area contributed by atoms with E-state index in [1.807, 2.05) is 0 Å². The number of rotatable bonds is 0. The van der Waals surface area contributed by atoms with E-state index in [1.165, 1.54) is 13.8 Å². The molecule has 54 valence electrons. The van der Waals surface area contributed by atoms with Crippen LogP contribution in [0.2, 0.25) is 0 Å². The number of hydrogen-bond donors (Lipinski definition) is 0. The first-order valence-electron chi connectivity index (χ1n) is 1.45. The summed E-state index contributed by atoms with van der Waals surface area (Å²) in [5.74, 6) is 0. The number of nitrogens with zero attached hydrogens (tertiary/aromatic N) is 2. The van der Waals surface area contributed by atoms with E-state index in [1.54, 1.807) is 12.1 Å². The molecule has 0 aromatic rings. The van der Waals surface area contributed by atoms with Crippen LogP contribution in [0.4, 0.5) is 0 Å². The van der Waals surface area contributed by atoms with Crippen molar-refractivity contribution in [2.75, 3.05) is 0 Å². The summed E-state index contributed by atoms with van der Waals surface area (Å²) in [6.07, 6.45) is 0. The molecule has 0 amide bonds. The van der Waals surface area contributed by atoms with Crippen LogP contribution in [0.3, 0.4) is 0 Å². The van der Waals surface area contributed by atoms with Crippen LogP contribution in [0.15, 0.2) is 0 Å². The summed E-state index contributed by atoms with van der Waals surface area (Å²) in [6.45, 7) is 2.86. The third-order valence-electron chi connectivity index (χ3n) is 0. The summed E-state index contributed by atoms with van der Waals surface area (Å²) < 4.78 is 0. The van der Waals surface area contributed by atoms with Crippen LogP contribution in [0.5, 0.6) is 0 Å². The molecule has 2 nitrogen and oxygen atoms in total. The molecule has 0 saturated heterocycles. The van der Waals surface area contributed by atoms with E-state index in [0.29, 0.717) is 0 Å². The minimum Gasteiger partial charge on any atom is -1.00 e. The van der Waals surface area contributed by atoms with Crippen LogP contribution < -0.4 is 24.8 Å². The number of nitriles is 2. The molecule has 0 aliphatic heterocycles. The van der Waals surface area contributed by atoms with Crippen molar-refractivity contribution in [3.05, 3.63) is 0 Å². The van der Waals surface area contributed by atoms with E-state index in [4.69, 9.17) is 10.5 Å². The Morgan fingerprint density at radius 3 is 0.889 bits per heavy atom. The molecule has 9 heavy (non-hydrogen) atoms. The summed E-state index contributed by atoms with van der Waals surface area (Å²) in [7, 11) is 0. The van der Waals surface area contributed by atoms with Crippen molar-refractivity contribution >= 4 is 0 Å². The van der Waals surface area contributed by atoms with Crippen molar-refractivity contribution in [2.45, 2.75) is 13.8 Å². The van der Waals surface area contributed by atoms with Gasteiger partial charge in [-0.05, 0) is 0 Å². The van der Waals surface area contributed by atoms with Crippen LogP contribution >= 0.6 is 0 Å². The molecule has 0 aliphatic rings. The quantitative estimate of drug-likeness (QED) is 0.375. The van der Waals surface area contributed by atoms with Crippen molar-refractivity contribution in [1.82, 2.24) is 0 Å². The minimum absolute atomic E-state index is 0. The molecule has 0 aromatic carbocycles. The zero-order valence-corrected chi connectivity index (χ0v) is 7.62. The van der Waals surface area contributed by atoms with E-state index in [-0.39, 0.29) is 41.9 Å². The standard InChI is InChI=1S/2C2H3N.2ClH.Fe/c2*1-2-3;;;/h2*1H3;2*1H;/q;;;;+2/p-2. The van der Waals surface area contributed by atoms with Crippen molar-refractivity contribution in [3.8, 4) is 12.1 Å². The normalized spacial score (nSPS) is 1.78. The molecule has 0 N–H and O–H groups in total. The third-order valence-corrected chi connectivity index (χ3v) is 0. The average molecular weight is 209 g/mol. The first kappa shape index (κ1) is 35.6. The molecule has 0 bridgehead atoms. The van der Waals surface area contributed by atoms with Crippen LogP contribution in [0.1, 0.15) is 13.8 Å². The molecular weight excluding hydrogens is 203 g/mol. The van der Waals surface area contributed by atoms with Gasteiger partial charge in [-0.25, -0.2) is 0 Å². The number of halogens is 2. The van der Waals surface area contributed by atoms with E-state index in [0.717, 1.165) is 0 Å². The van der Waals surface area contributed by atoms with Crippen molar-refractivity contribution in [1.29, 1.82) is 10.5 Å². The summed E-state index contributed by atoms with van der Waals surface area (Å²) >= 11 is 0. The van der Waals surface area contributed by atoms with E-state index >= 15 is 0 Å². The minimum atomic E-state index is 0. The summed E-state index contributed by atoms with van der Waals surface area (Å²) in [6, 6.07) is 3.50. The maximum Gasteiger partial charge on any atom is 2.00 e. The molecule has 0 aromatic heterocycles. The smallest absolute Gasteiger partial charge is 1.00 e. The Bertz CT molecular complexity index is 71.5. The van der Waals surface area contributed by atoms with Crippen LogP contribution in [0.25, 0.3) is 0 Å². The van der Waals surface area contributed by atoms with Crippen molar-refractivity contribution in [3.63, 3.8) is 0 Å². The first-order valence-corrected chi connectivity index (χ1v) is 1.45. The summed E-state index contributed by atoms with van der Waals surface area (Å²) in [5, 5.41) is 14.6. The second-order valence-corrected chi connectivity index (χ2v) is 0.447. The molecule has 0 heterocycles. The first-order chi connectivity index (χ1) is 2.83. The Kier molecular flexibility index (Phi) is 371. The molecule has 0 fully saturated rings. The molecule has 0 unspecified atom stereocenters. The van der Waals surface area contributed by atoms with Gasteiger partial charge in [-0.3, -0.25) is 0 Å². The van der Waals surface area contributed by atoms with Crippen molar-refractivity contribution in [2.24, 2.45) is 0 Å². The second kappa shape index (κ2) is 93.6. The van der Waals surface area contributed by atoms with Crippen LogP contribution in [-0.2, 0) is 17.1 Å². The molecule has 0 atom stereocenters. The summed E-state index contributed by atoms with van der Waals surface area (Å²) in [5.41, 5.74) is 0. The Labute approximate surface area is 78.5 Å². The van der Waals surface area contributed by atoms with E-state index in [2.05, 4.69) is 0 Å². The van der Waals surface area contributed by atoms with Gasteiger partial charge in [-0.1, -0.05) is 0 Å². The monoisotopic (exact) mass is 208 g/mol. The fourth-order valence-electron chi connectivity index (χ4n) is 0. The molecule has 0 aliphatic carbocycles. The Hall–Kier alpha value is 0.0795. The fraction of sp³-hybridized carbons (Fsp3) is 0.500. The summed E-state index contributed by atoms with van der Waals surface area (Å²) in [4.78, 5) is 0. The Morgan fingerprint density at radius 2 is 0.889 bits per heavy atom. The molecule has 0 radical (unpaired) electrons. The third kappa shape index (κ3) is 47300. The van der Waals surface area contributed by atoms with Gasteiger partial charge in [0.25, 0.3) is 0 Å². The molecule has 0 rings (SSSR count). The zero-order valence-electron chi connectivity index (χ0n) is 5.00. The van der Waals surface area contributed by atoms with Gasteiger partial charge in [0.05, 0.1) is 12.1 Å². The van der Waals surface area contributed by atoms with Crippen molar-refractivity contribution < 1.29 is 41.9 Å². The van der Waals surface area contributed by atoms with Gasteiger partial charge in [0.1, 0.15) is 0 Å². The van der Waals surface area contributed by atoms with Gasteiger partial charge in [0, 0.05) is 13.8 Å². The molecule has 0 spiro atoms. The molecular formula is C4H6Cl2FeN2. The van der Waals surface area contributed by atoms with Gasteiger partial charge in [0.15, 0.2) is 0 Å². The number of hydrogen-bond acceptors (Lipinski definition) is 2. The predicted octanol–water partition coefficient (Wildman–Crippen LogP) is -4.93. The van der Waals surface area contributed by atoms with E-state index < -0.39 is 0 Å². The average Bonchev–Trinajstić information content (AvgIpc) is 1.39. The molecule has 0 saturated carbocycles. The Morgan fingerprint density at radius 1 is 0.889 bits per heavy atom. The second-order valence-electron chi connectivity index (χ2n) is 0.447. The largest absolute Gasteiger partial charge is 2.00 e. The van der Waals surface area contributed by atoms with Gasteiger partial charge in [0.2, 0.25) is 0 Å². The topological polar surface area (TPSA) is 47.6 Å². The maximum atomic E-state index is 7.32. The SMILES string of the molecule is CC#N.CC#N.[Cl-].[Cl-].[Fe+2]. The van der Waals surface area contributed by atoms with Crippen LogP contribution in [0, 0.1) is 22.7 Å². The predicted molar refractivity (Wildman–Crippen MR) is 22.6 cm³/mol. The molecule has 5 heteroatoms. The van der Waals surface area contributed by atoms with E-state index in [9.17, 15) is 0 Å². The van der Waals surface area contributed by atoms with Gasteiger partial charge < -0.3 is 24.8 Å². The van der Waals surface area contributed by atoms with Gasteiger partial charge in [-0.15, -0.1) is 0 Å². The Balaban J connectivity index is -0.00000000889. The van der Waals surface area contributed by atoms with Crippen LogP contribution in [-0.4, -0.2) is 0 Å². The maximum absolute atomic E-state index is 7.32. The van der Waals surface area contributed by atoms with Gasteiger partial charge >= 0.3 is 17.1 Å². The fourth-order valence-corrected chi connectivity index (χ4v) is 0. The zero-order chi connectivity index (χ0) is 5.41.